The molecular weight excluding hydrogens is 140 g/mol. The van der Waals surface area contributed by atoms with E-state index in [1.807, 2.05) is 0 Å². The van der Waals surface area contributed by atoms with Crippen LogP contribution >= 0.6 is 11.6 Å². The maximum atomic E-state index is 10.2. The number of carboxylic acids is 1. The first-order valence-corrected chi connectivity index (χ1v) is 3.06. The number of carboxylic acid groups (broad SMARTS) is 1. The van der Waals surface area contributed by atoms with E-state index >= 15 is 0 Å². The molecule has 1 N–H and O–H groups in total. The molecule has 0 aliphatic carbocycles. The van der Waals surface area contributed by atoms with Gasteiger partial charge in [0.05, 0.1) is 5.57 Å². The molecule has 0 fully saturated rings. The lowest BCUT2D eigenvalue weighted by atomic mass is 10.2. The lowest BCUT2D eigenvalue weighted by Crippen LogP contribution is -1.99. The van der Waals surface area contributed by atoms with Crippen LogP contribution in [-0.2, 0) is 4.79 Å². The topological polar surface area (TPSA) is 37.3 Å². The molecular formula is C6H9ClO2. The normalized spacial score (nSPS) is 12.8. The van der Waals surface area contributed by atoms with Gasteiger partial charge in [-0.3, -0.25) is 0 Å². The molecule has 0 spiro atoms. The van der Waals surface area contributed by atoms with E-state index < -0.39 is 5.97 Å². The molecule has 0 radical (unpaired) electrons. The van der Waals surface area contributed by atoms with Crippen molar-refractivity contribution in [1.29, 1.82) is 0 Å². The Morgan fingerprint density at radius 3 is 2.11 bits per heavy atom. The largest absolute Gasteiger partial charge is 0.478 e. The SMILES string of the molecule is CCC(C(=O)O)=C(C)Cl. The van der Waals surface area contributed by atoms with Crippen molar-refractivity contribution in [2.24, 2.45) is 0 Å². The van der Waals surface area contributed by atoms with Gasteiger partial charge in [-0.2, -0.15) is 0 Å². The van der Waals surface area contributed by atoms with Crippen LogP contribution in [0.25, 0.3) is 0 Å². The van der Waals surface area contributed by atoms with E-state index in [4.69, 9.17) is 16.7 Å². The summed E-state index contributed by atoms with van der Waals surface area (Å²) < 4.78 is 0. The Morgan fingerprint density at radius 2 is 2.11 bits per heavy atom. The molecule has 0 bridgehead atoms. The van der Waals surface area contributed by atoms with Crippen molar-refractivity contribution in [1.82, 2.24) is 0 Å². The second-order valence-corrected chi connectivity index (χ2v) is 2.24. The number of hydrogen-bond acceptors (Lipinski definition) is 1. The Bertz CT molecular complexity index is 145. The number of aliphatic carboxylic acids is 1. The molecule has 0 atom stereocenters. The summed E-state index contributed by atoms with van der Waals surface area (Å²) in [5.74, 6) is -0.926. The maximum absolute atomic E-state index is 10.2. The molecule has 0 aromatic heterocycles. The summed E-state index contributed by atoms with van der Waals surface area (Å²) in [6.45, 7) is 3.34. The van der Waals surface area contributed by atoms with Gasteiger partial charge in [-0.25, -0.2) is 4.79 Å². The maximum Gasteiger partial charge on any atom is 0.332 e. The van der Waals surface area contributed by atoms with Gasteiger partial charge in [0.1, 0.15) is 0 Å². The van der Waals surface area contributed by atoms with Gasteiger partial charge < -0.3 is 5.11 Å². The Labute approximate surface area is 59.1 Å². The Kier molecular flexibility index (Phi) is 3.32. The highest BCUT2D eigenvalue weighted by atomic mass is 35.5. The molecule has 0 aromatic rings. The molecule has 0 saturated heterocycles. The van der Waals surface area contributed by atoms with Crippen LogP contribution in [0.5, 0.6) is 0 Å². The number of halogens is 1. The highest BCUT2D eigenvalue weighted by molar-refractivity contribution is 6.31. The van der Waals surface area contributed by atoms with Crippen LogP contribution in [0.3, 0.4) is 0 Å². The summed E-state index contributed by atoms with van der Waals surface area (Å²) in [7, 11) is 0. The van der Waals surface area contributed by atoms with Crippen molar-refractivity contribution in [2.45, 2.75) is 20.3 Å². The van der Waals surface area contributed by atoms with Gasteiger partial charge in [0.25, 0.3) is 0 Å². The predicted molar refractivity (Wildman–Crippen MR) is 36.5 cm³/mol. The van der Waals surface area contributed by atoms with Crippen molar-refractivity contribution in [3.63, 3.8) is 0 Å². The number of rotatable bonds is 2. The molecule has 3 heteroatoms. The van der Waals surface area contributed by atoms with E-state index in [1.165, 1.54) is 0 Å². The average molecular weight is 149 g/mol. The Morgan fingerprint density at radius 1 is 1.67 bits per heavy atom. The van der Waals surface area contributed by atoms with Crippen LogP contribution in [0.1, 0.15) is 20.3 Å². The third-order valence-electron chi connectivity index (χ3n) is 1.03. The Balaban J connectivity index is 4.35. The summed E-state index contributed by atoms with van der Waals surface area (Å²) >= 11 is 5.44. The van der Waals surface area contributed by atoms with Gasteiger partial charge in [-0.15, -0.1) is 0 Å². The predicted octanol–water partition coefficient (Wildman–Crippen LogP) is 1.99. The van der Waals surface area contributed by atoms with Crippen molar-refractivity contribution >= 4 is 17.6 Å². The fourth-order valence-corrected chi connectivity index (χ4v) is 0.757. The zero-order valence-corrected chi connectivity index (χ0v) is 6.20. The summed E-state index contributed by atoms with van der Waals surface area (Å²) in [6.07, 6.45) is 0.477. The van der Waals surface area contributed by atoms with E-state index in [0.29, 0.717) is 11.5 Å². The van der Waals surface area contributed by atoms with Crippen LogP contribution in [-0.4, -0.2) is 11.1 Å². The first-order chi connectivity index (χ1) is 4.09. The highest BCUT2D eigenvalue weighted by Crippen LogP contribution is 2.11. The number of allylic oxidation sites excluding steroid dienone is 1. The zero-order chi connectivity index (χ0) is 7.44. The molecule has 2 nitrogen and oxygen atoms in total. The molecule has 0 amide bonds. The van der Waals surface area contributed by atoms with Crippen LogP contribution in [0.15, 0.2) is 10.6 Å². The standard InChI is InChI=1S/C6H9ClO2/c1-3-5(4(2)7)6(8)9/h3H2,1-2H3,(H,8,9). The van der Waals surface area contributed by atoms with Gasteiger partial charge in [-0.05, 0) is 13.3 Å². The van der Waals surface area contributed by atoms with E-state index in [0.717, 1.165) is 0 Å². The molecule has 9 heavy (non-hydrogen) atoms. The minimum atomic E-state index is -0.926. The molecule has 0 aliphatic rings. The molecule has 0 unspecified atom stereocenters. The van der Waals surface area contributed by atoms with Crippen molar-refractivity contribution in [2.75, 3.05) is 0 Å². The fraction of sp³-hybridized carbons (Fsp3) is 0.500. The van der Waals surface area contributed by atoms with Crippen molar-refractivity contribution in [3.05, 3.63) is 10.6 Å². The molecule has 0 aromatic carbocycles. The smallest absolute Gasteiger partial charge is 0.332 e. The number of carbonyl (C=O) groups is 1. The van der Waals surface area contributed by atoms with Crippen LogP contribution in [0.2, 0.25) is 0 Å². The zero-order valence-electron chi connectivity index (χ0n) is 5.44. The molecule has 0 aliphatic heterocycles. The molecule has 52 valence electrons. The van der Waals surface area contributed by atoms with E-state index in [-0.39, 0.29) is 5.57 Å². The average Bonchev–Trinajstić information content (AvgIpc) is 1.64. The van der Waals surface area contributed by atoms with E-state index in [2.05, 4.69) is 0 Å². The molecule has 0 heterocycles. The minimum Gasteiger partial charge on any atom is -0.478 e. The monoisotopic (exact) mass is 148 g/mol. The Hall–Kier alpha value is -0.500. The van der Waals surface area contributed by atoms with Gasteiger partial charge in [0.15, 0.2) is 0 Å². The third-order valence-corrected chi connectivity index (χ3v) is 1.26. The van der Waals surface area contributed by atoms with Crippen LogP contribution < -0.4 is 0 Å². The van der Waals surface area contributed by atoms with Gasteiger partial charge >= 0.3 is 5.97 Å². The van der Waals surface area contributed by atoms with E-state index in [9.17, 15) is 4.79 Å². The first-order valence-electron chi connectivity index (χ1n) is 2.68. The third kappa shape index (κ3) is 2.51. The van der Waals surface area contributed by atoms with Crippen LogP contribution in [0, 0.1) is 0 Å². The van der Waals surface area contributed by atoms with Crippen molar-refractivity contribution < 1.29 is 9.90 Å². The van der Waals surface area contributed by atoms with E-state index in [1.54, 1.807) is 13.8 Å². The summed E-state index contributed by atoms with van der Waals surface area (Å²) in [6, 6.07) is 0. The molecule has 0 saturated carbocycles. The highest BCUT2D eigenvalue weighted by Gasteiger charge is 2.05. The summed E-state index contributed by atoms with van der Waals surface area (Å²) in [5.41, 5.74) is 0.289. The first kappa shape index (κ1) is 8.50. The summed E-state index contributed by atoms with van der Waals surface area (Å²) in [4.78, 5) is 10.2. The second-order valence-electron chi connectivity index (χ2n) is 1.67. The second kappa shape index (κ2) is 3.51. The quantitative estimate of drug-likeness (QED) is 0.609. The number of hydrogen-bond donors (Lipinski definition) is 1. The van der Waals surface area contributed by atoms with Gasteiger partial charge in [0.2, 0.25) is 0 Å². The fourth-order valence-electron chi connectivity index (χ4n) is 0.542. The lowest BCUT2D eigenvalue weighted by Gasteiger charge is -1.96. The lowest BCUT2D eigenvalue weighted by molar-refractivity contribution is -0.132. The minimum absolute atomic E-state index is 0.289. The molecule has 0 rings (SSSR count). The van der Waals surface area contributed by atoms with Gasteiger partial charge in [0, 0.05) is 5.03 Å². The van der Waals surface area contributed by atoms with Crippen molar-refractivity contribution in [3.8, 4) is 0 Å². The summed E-state index contributed by atoms with van der Waals surface area (Å²) in [5, 5.41) is 8.77. The van der Waals surface area contributed by atoms with Gasteiger partial charge in [-0.1, -0.05) is 18.5 Å². The van der Waals surface area contributed by atoms with Crippen LogP contribution in [0.4, 0.5) is 0 Å².